The van der Waals surface area contributed by atoms with Gasteiger partial charge in [-0.3, -0.25) is 15.1 Å². The zero-order valence-corrected chi connectivity index (χ0v) is 13.8. The molecule has 0 saturated carbocycles. The zero-order valence-electron chi connectivity index (χ0n) is 13.0. The lowest BCUT2D eigenvalue weighted by Crippen LogP contribution is -2.15. The van der Waals surface area contributed by atoms with Gasteiger partial charge in [0.1, 0.15) is 10.8 Å². The van der Waals surface area contributed by atoms with Crippen molar-refractivity contribution < 1.29 is 9.18 Å². The monoisotopic (exact) mass is 343 g/mol. The van der Waals surface area contributed by atoms with Gasteiger partial charge in [0.05, 0.1) is 5.56 Å². The molecule has 24 heavy (non-hydrogen) atoms. The number of hydrogen-bond acceptors (Lipinski definition) is 6. The first kappa shape index (κ1) is 16.0. The van der Waals surface area contributed by atoms with Crippen LogP contribution in [-0.2, 0) is 0 Å². The maximum absolute atomic E-state index is 14.1. The fourth-order valence-electron chi connectivity index (χ4n) is 2.02. The third-order valence-electron chi connectivity index (χ3n) is 3.29. The Morgan fingerprint density at radius 1 is 1.17 bits per heavy atom. The summed E-state index contributed by atoms with van der Waals surface area (Å²) in [5, 5.41) is 11.5. The highest BCUT2D eigenvalue weighted by molar-refractivity contribution is 7.18. The third kappa shape index (κ3) is 3.38. The van der Waals surface area contributed by atoms with E-state index >= 15 is 0 Å². The Kier molecular flexibility index (Phi) is 4.48. The van der Waals surface area contributed by atoms with E-state index in [0.717, 1.165) is 5.56 Å². The smallest absolute Gasteiger partial charge is 0.260 e. The summed E-state index contributed by atoms with van der Waals surface area (Å²) in [4.78, 5) is 17.9. The SMILES string of the molecule is CN(C)c1ccc(C(=O)Nc2nnc(-c3ccncc3)s2)c(F)c1. The largest absolute Gasteiger partial charge is 0.378 e. The summed E-state index contributed by atoms with van der Waals surface area (Å²) in [6, 6.07) is 8.04. The van der Waals surface area contributed by atoms with E-state index in [2.05, 4.69) is 20.5 Å². The van der Waals surface area contributed by atoms with Crippen LogP contribution in [0.5, 0.6) is 0 Å². The molecule has 0 spiro atoms. The van der Waals surface area contributed by atoms with Crippen molar-refractivity contribution in [3.8, 4) is 10.6 Å². The molecule has 0 radical (unpaired) electrons. The van der Waals surface area contributed by atoms with Crippen molar-refractivity contribution in [2.75, 3.05) is 24.3 Å². The predicted molar refractivity (Wildman–Crippen MR) is 91.8 cm³/mol. The minimum Gasteiger partial charge on any atom is -0.378 e. The van der Waals surface area contributed by atoms with E-state index in [0.29, 0.717) is 15.8 Å². The molecule has 122 valence electrons. The lowest BCUT2D eigenvalue weighted by molar-refractivity contribution is 0.102. The molecule has 0 bridgehead atoms. The average Bonchev–Trinajstić information content (AvgIpc) is 3.03. The number of carbonyl (C=O) groups is 1. The van der Waals surface area contributed by atoms with Crippen molar-refractivity contribution in [3.63, 3.8) is 0 Å². The van der Waals surface area contributed by atoms with E-state index in [-0.39, 0.29) is 5.56 Å². The maximum Gasteiger partial charge on any atom is 0.260 e. The van der Waals surface area contributed by atoms with Crippen LogP contribution in [0.1, 0.15) is 10.4 Å². The minimum absolute atomic E-state index is 0.0405. The van der Waals surface area contributed by atoms with Gasteiger partial charge in [-0.2, -0.15) is 0 Å². The summed E-state index contributed by atoms with van der Waals surface area (Å²) in [7, 11) is 3.60. The highest BCUT2D eigenvalue weighted by Gasteiger charge is 2.15. The molecule has 1 aromatic carbocycles. The summed E-state index contributed by atoms with van der Waals surface area (Å²) in [6.07, 6.45) is 3.30. The summed E-state index contributed by atoms with van der Waals surface area (Å²) in [5.41, 5.74) is 1.49. The lowest BCUT2D eigenvalue weighted by Gasteiger charge is -2.13. The van der Waals surface area contributed by atoms with Crippen LogP contribution in [0.2, 0.25) is 0 Å². The number of nitrogens with one attached hydrogen (secondary N) is 1. The van der Waals surface area contributed by atoms with Crippen molar-refractivity contribution in [3.05, 3.63) is 54.1 Å². The molecule has 0 atom stereocenters. The van der Waals surface area contributed by atoms with E-state index < -0.39 is 11.7 Å². The second kappa shape index (κ2) is 6.71. The molecule has 3 aromatic rings. The van der Waals surface area contributed by atoms with E-state index in [1.807, 2.05) is 0 Å². The van der Waals surface area contributed by atoms with Crippen molar-refractivity contribution >= 4 is 28.1 Å². The molecule has 8 heteroatoms. The molecule has 0 aliphatic heterocycles. The lowest BCUT2D eigenvalue weighted by atomic mass is 10.1. The molecule has 0 fully saturated rings. The maximum atomic E-state index is 14.1. The van der Waals surface area contributed by atoms with Gasteiger partial charge in [0.25, 0.3) is 5.91 Å². The van der Waals surface area contributed by atoms with E-state index in [1.165, 1.54) is 23.5 Å². The second-order valence-corrected chi connectivity index (χ2v) is 6.14. The Bertz CT molecular complexity index is 866. The summed E-state index contributed by atoms with van der Waals surface area (Å²) in [6.45, 7) is 0. The van der Waals surface area contributed by atoms with Crippen molar-refractivity contribution in [1.29, 1.82) is 0 Å². The Labute approximate surface area is 142 Å². The molecule has 1 N–H and O–H groups in total. The minimum atomic E-state index is -0.586. The van der Waals surface area contributed by atoms with E-state index in [1.54, 1.807) is 49.6 Å². The van der Waals surface area contributed by atoms with Crippen LogP contribution in [0.3, 0.4) is 0 Å². The van der Waals surface area contributed by atoms with Crippen LogP contribution >= 0.6 is 11.3 Å². The van der Waals surface area contributed by atoms with Crippen LogP contribution in [0.25, 0.3) is 10.6 Å². The highest BCUT2D eigenvalue weighted by Crippen LogP contribution is 2.26. The number of pyridine rings is 1. The predicted octanol–water partition coefficient (Wildman–Crippen LogP) is 3.06. The van der Waals surface area contributed by atoms with Gasteiger partial charge in [-0.05, 0) is 30.3 Å². The number of rotatable bonds is 4. The average molecular weight is 343 g/mol. The number of benzene rings is 1. The molecule has 1 amide bonds. The topological polar surface area (TPSA) is 71.0 Å². The first-order valence-corrected chi connectivity index (χ1v) is 7.88. The van der Waals surface area contributed by atoms with Crippen molar-refractivity contribution in [1.82, 2.24) is 15.2 Å². The summed E-state index contributed by atoms with van der Waals surface area (Å²) in [5.74, 6) is -1.15. The number of anilines is 2. The molecule has 3 rings (SSSR count). The van der Waals surface area contributed by atoms with Crippen LogP contribution in [0, 0.1) is 5.82 Å². The second-order valence-electron chi connectivity index (χ2n) is 5.16. The van der Waals surface area contributed by atoms with Gasteiger partial charge >= 0.3 is 0 Å². The summed E-state index contributed by atoms with van der Waals surface area (Å²) < 4.78 is 14.1. The first-order chi connectivity index (χ1) is 11.5. The Morgan fingerprint density at radius 3 is 2.58 bits per heavy atom. The van der Waals surface area contributed by atoms with Gasteiger partial charge in [0, 0.05) is 37.7 Å². The Hall–Kier alpha value is -2.87. The van der Waals surface area contributed by atoms with Crippen LogP contribution in [-0.4, -0.2) is 35.2 Å². The molecule has 0 aliphatic carbocycles. The number of aromatic nitrogens is 3. The number of carbonyl (C=O) groups excluding carboxylic acids is 1. The number of amides is 1. The van der Waals surface area contributed by atoms with Gasteiger partial charge in [-0.15, -0.1) is 10.2 Å². The Balaban J connectivity index is 1.77. The standard InChI is InChI=1S/C16H14FN5OS/c1-22(2)11-3-4-12(13(17)9-11)14(23)19-16-21-20-15(24-16)10-5-7-18-8-6-10/h3-9H,1-2H3,(H,19,21,23). The van der Waals surface area contributed by atoms with Gasteiger partial charge in [0.2, 0.25) is 5.13 Å². The van der Waals surface area contributed by atoms with Crippen LogP contribution in [0.4, 0.5) is 15.2 Å². The summed E-state index contributed by atoms with van der Waals surface area (Å²) >= 11 is 1.21. The molecule has 2 heterocycles. The molecule has 0 unspecified atom stereocenters. The first-order valence-electron chi connectivity index (χ1n) is 7.07. The quantitative estimate of drug-likeness (QED) is 0.788. The van der Waals surface area contributed by atoms with Gasteiger partial charge < -0.3 is 4.90 Å². The number of halogens is 1. The zero-order chi connectivity index (χ0) is 17.1. The normalized spacial score (nSPS) is 10.5. The number of hydrogen-bond donors (Lipinski definition) is 1. The van der Waals surface area contributed by atoms with Gasteiger partial charge in [-0.1, -0.05) is 11.3 Å². The van der Waals surface area contributed by atoms with Crippen molar-refractivity contribution in [2.45, 2.75) is 0 Å². The highest BCUT2D eigenvalue weighted by atomic mass is 32.1. The van der Waals surface area contributed by atoms with Crippen LogP contribution < -0.4 is 10.2 Å². The third-order valence-corrected chi connectivity index (χ3v) is 4.17. The Morgan fingerprint density at radius 2 is 1.92 bits per heavy atom. The van der Waals surface area contributed by atoms with E-state index in [4.69, 9.17) is 0 Å². The molecule has 2 aromatic heterocycles. The molecular formula is C16H14FN5OS. The number of nitrogens with zero attached hydrogens (tertiary/aromatic N) is 4. The van der Waals surface area contributed by atoms with Gasteiger partial charge in [-0.25, -0.2) is 4.39 Å². The van der Waals surface area contributed by atoms with E-state index in [9.17, 15) is 9.18 Å². The molecule has 6 nitrogen and oxygen atoms in total. The van der Waals surface area contributed by atoms with Crippen LogP contribution in [0.15, 0.2) is 42.7 Å². The van der Waals surface area contributed by atoms with Crippen molar-refractivity contribution in [2.24, 2.45) is 0 Å². The fourth-order valence-corrected chi connectivity index (χ4v) is 2.76. The molecule has 0 aliphatic rings. The molecular weight excluding hydrogens is 329 g/mol. The molecule has 0 saturated heterocycles. The fraction of sp³-hybridized carbons (Fsp3) is 0.125. The van der Waals surface area contributed by atoms with Gasteiger partial charge in [0.15, 0.2) is 0 Å².